The number of benzene rings is 1. The number of hydrogen-bond acceptors (Lipinski definition) is 6. The number of halogens is 1. The number of piperazine rings is 1. The average molecular weight is 407 g/mol. The second-order valence-corrected chi connectivity index (χ2v) is 7.25. The van der Waals surface area contributed by atoms with Gasteiger partial charge in [-0.05, 0) is 12.1 Å². The van der Waals surface area contributed by atoms with Crippen LogP contribution in [-0.2, 0) is 14.3 Å². The molecule has 29 heavy (non-hydrogen) atoms. The molecule has 0 unspecified atom stereocenters. The van der Waals surface area contributed by atoms with Gasteiger partial charge in [0.2, 0.25) is 0 Å². The van der Waals surface area contributed by atoms with Gasteiger partial charge in [-0.1, -0.05) is 12.1 Å². The molecular formula is C20H30FN5O3. The van der Waals surface area contributed by atoms with Crippen molar-refractivity contribution >= 4 is 17.5 Å². The van der Waals surface area contributed by atoms with Crippen LogP contribution in [0.4, 0.5) is 10.1 Å². The summed E-state index contributed by atoms with van der Waals surface area (Å²) in [6, 6.07) is 6.80. The SMILES string of the molecule is O=C(NCCN1CCOCC1)C(=O)NCCN1CCN(c2ccccc2F)CC1. The number of morpholine rings is 1. The monoisotopic (exact) mass is 407 g/mol. The maximum Gasteiger partial charge on any atom is 0.309 e. The van der Waals surface area contributed by atoms with E-state index in [1.807, 2.05) is 11.0 Å². The largest absolute Gasteiger partial charge is 0.379 e. The Kier molecular flexibility index (Phi) is 8.21. The third-order valence-electron chi connectivity index (χ3n) is 5.30. The molecule has 1 aromatic rings. The number of ether oxygens (including phenoxy) is 1. The molecule has 2 amide bonds. The molecule has 1 aromatic carbocycles. The smallest absolute Gasteiger partial charge is 0.309 e. The predicted molar refractivity (Wildman–Crippen MR) is 108 cm³/mol. The van der Waals surface area contributed by atoms with Crippen LogP contribution in [0.2, 0.25) is 0 Å². The fourth-order valence-electron chi connectivity index (χ4n) is 3.56. The summed E-state index contributed by atoms with van der Waals surface area (Å²) in [7, 11) is 0. The number of amides is 2. The molecule has 2 aliphatic heterocycles. The molecule has 0 saturated carbocycles. The molecule has 2 fully saturated rings. The van der Waals surface area contributed by atoms with Gasteiger partial charge in [0.15, 0.2) is 0 Å². The van der Waals surface area contributed by atoms with Crippen molar-refractivity contribution in [2.75, 3.05) is 83.6 Å². The van der Waals surface area contributed by atoms with Gasteiger partial charge in [-0.2, -0.15) is 0 Å². The lowest BCUT2D eigenvalue weighted by Gasteiger charge is -2.36. The zero-order valence-electron chi connectivity index (χ0n) is 16.7. The zero-order valence-corrected chi connectivity index (χ0v) is 16.7. The first-order valence-corrected chi connectivity index (χ1v) is 10.2. The number of rotatable bonds is 7. The molecule has 2 heterocycles. The van der Waals surface area contributed by atoms with Crippen molar-refractivity contribution in [3.63, 3.8) is 0 Å². The van der Waals surface area contributed by atoms with Crippen LogP contribution in [-0.4, -0.2) is 100 Å². The lowest BCUT2D eigenvalue weighted by molar-refractivity contribution is -0.139. The van der Waals surface area contributed by atoms with E-state index < -0.39 is 11.8 Å². The molecule has 0 spiro atoms. The molecule has 9 heteroatoms. The lowest BCUT2D eigenvalue weighted by atomic mass is 10.2. The Hall–Kier alpha value is -2.23. The molecule has 2 saturated heterocycles. The second-order valence-electron chi connectivity index (χ2n) is 7.25. The summed E-state index contributed by atoms with van der Waals surface area (Å²) in [6.45, 7) is 8.41. The van der Waals surface area contributed by atoms with Crippen LogP contribution in [0.15, 0.2) is 24.3 Å². The zero-order chi connectivity index (χ0) is 20.5. The van der Waals surface area contributed by atoms with E-state index in [2.05, 4.69) is 20.4 Å². The Morgan fingerprint density at radius 1 is 0.862 bits per heavy atom. The molecule has 0 radical (unpaired) electrons. The Morgan fingerprint density at radius 2 is 1.41 bits per heavy atom. The molecule has 2 N–H and O–H groups in total. The number of nitrogens with zero attached hydrogens (tertiary/aromatic N) is 3. The maximum absolute atomic E-state index is 13.9. The molecular weight excluding hydrogens is 377 g/mol. The third-order valence-corrected chi connectivity index (χ3v) is 5.30. The number of para-hydroxylation sites is 1. The van der Waals surface area contributed by atoms with Crippen molar-refractivity contribution in [2.24, 2.45) is 0 Å². The topological polar surface area (TPSA) is 77.1 Å². The summed E-state index contributed by atoms with van der Waals surface area (Å²) in [5, 5.41) is 5.33. The Morgan fingerprint density at radius 3 is 2.00 bits per heavy atom. The van der Waals surface area contributed by atoms with E-state index in [0.717, 1.165) is 39.3 Å². The third kappa shape index (κ3) is 6.66. The second kappa shape index (κ2) is 11.1. The predicted octanol–water partition coefficient (Wildman–Crippen LogP) is -0.488. The van der Waals surface area contributed by atoms with Crippen LogP contribution in [0.3, 0.4) is 0 Å². The van der Waals surface area contributed by atoms with Gasteiger partial charge in [0, 0.05) is 65.4 Å². The molecule has 0 aromatic heterocycles. The first-order chi connectivity index (χ1) is 14.1. The highest BCUT2D eigenvalue weighted by atomic mass is 19.1. The minimum absolute atomic E-state index is 0.201. The Bertz CT molecular complexity index is 676. The Labute approximate surface area is 171 Å². The molecule has 0 atom stereocenters. The first kappa shape index (κ1) is 21.5. The highest BCUT2D eigenvalue weighted by molar-refractivity contribution is 6.35. The van der Waals surface area contributed by atoms with Gasteiger partial charge in [0.25, 0.3) is 0 Å². The van der Waals surface area contributed by atoms with E-state index in [1.54, 1.807) is 12.1 Å². The highest BCUT2D eigenvalue weighted by Crippen LogP contribution is 2.19. The number of carbonyl (C=O) groups is 2. The molecule has 2 aliphatic rings. The van der Waals surface area contributed by atoms with Gasteiger partial charge in [0.1, 0.15) is 5.82 Å². The summed E-state index contributed by atoms with van der Waals surface area (Å²) in [5.41, 5.74) is 0.634. The van der Waals surface area contributed by atoms with Crippen molar-refractivity contribution in [1.82, 2.24) is 20.4 Å². The van der Waals surface area contributed by atoms with Crippen molar-refractivity contribution in [2.45, 2.75) is 0 Å². The van der Waals surface area contributed by atoms with Gasteiger partial charge >= 0.3 is 11.8 Å². The number of anilines is 1. The van der Waals surface area contributed by atoms with E-state index in [1.165, 1.54) is 6.07 Å². The Balaban J connectivity index is 1.27. The lowest BCUT2D eigenvalue weighted by Crippen LogP contribution is -2.50. The molecule has 3 rings (SSSR count). The summed E-state index contributed by atoms with van der Waals surface area (Å²) >= 11 is 0. The summed E-state index contributed by atoms with van der Waals surface area (Å²) in [6.07, 6.45) is 0. The van der Waals surface area contributed by atoms with E-state index in [-0.39, 0.29) is 5.82 Å². The van der Waals surface area contributed by atoms with Crippen LogP contribution in [0.5, 0.6) is 0 Å². The van der Waals surface area contributed by atoms with E-state index >= 15 is 0 Å². The standard InChI is InChI=1S/C20H30FN5O3/c21-17-3-1-2-4-18(17)26-11-9-24(10-12-26)7-5-22-19(27)20(28)23-6-8-25-13-15-29-16-14-25/h1-4H,5-16H2,(H,22,27)(H,23,28). The first-order valence-electron chi connectivity index (χ1n) is 10.2. The van der Waals surface area contributed by atoms with Crippen molar-refractivity contribution in [3.8, 4) is 0 Å². The van der Waals surface area contributed by atoms with Gasteiger partial charge < -0.3 is 20.3 Å². The van der Waals surface area contributed by atoms with Crippen LogP contribution in [0.25, 0.3) is 0 Å². The maximum atomic E-state index is 13.9. The van der Waals surface area contributed by atoms with E-state index in [4.69, 9.17) is 4.74 Å². The van der Waals surface area contributed by atoms with Gasteiger partial charge in [0.05, 0.1) is 18.9 Å². The van der Waals surface area contributed by atoms with Gasteiger partial charge in [-0.25, -0.2) is 4.39 Å². The van der Waals surface area contributed by atoms with Gasteiger partial charge in [-0.15, -0.1) is 0 Å². The van der Waals surface area contributed by atoms with Crippen LogP contribution < -0.4 is 15.5 Å². The summed E-state index contributed by atoms with van der Waals surface area (Å²) in [4.78, 5) is 30.2. The fraction of sp³-hybridized carbons (Fsp3) is 0.600. The number of hydrogen-bond donors (Lipinski definition) is 2. The van der Waals surface area contributed by atoms with Crippen molar-refractivity contribution in [3.05, 3.63) is 30.1 Å². The van der Waals surface area contributed by atoms with Crippen molar-refractivity contribution in [1.29, 1.82) is 0 Å². The summed E-state index contributed by atoms with van der Waals surface area (Å²) < 4.78 is 19.2. The summed E-state index contributed by atoms with van der Waals surface area (Å²) in [5.74, 6) is -1.40. The minimum Gasteiger partial charge on any atom is -0.379 e. The molecule has 0 aliphatic carbocycles. The number of nitrogens with one attached hydrogen (secondary N) is 2. The van der Waals surface area contributed by atoms with E-state index in [9.17, 15) is 14.0 Å². The molecule has 8 nitrogen and oxygen atoms in total. The van der Waals surface area contributed by atoms with Crippen LogP contribution in [0, 0.1) is 5.82 Å². The number of carbonyl (C=O) groups excluding carboxylic acids is 2. The van der Waals surface area contributed by atoms with Crippen molar-refractivity contribution < 1.29 is 18.7 Å². The molecule has 0 bridgehead atoms. The minimum atomic E-state index is -0.600. The van der Waals surface area contributed by atoms with Gasteiger partial charge in [-0.3, -0.25) is 19.4 Å². The normalized spacial score (nSPS) is 18.4. The van der Waals surface area contributed by atoms with E-state index in [0.29, 0.717) is 45.1 Å². The average Bonchev–Trinajstić information content (AvgIpc) is 2.75. The quantitative estimate of drug-likeness (QED) is 0.595. The highest BCUT2D eigenvalue weighted by Gasteiger charge is 2.20. The fourth-order valence-corrected chi connectivity index (χ4v) is 3.56. The van der Waals surface area contributed by atoms with Crippen LogP contribution in [0.1, 0.15) is 0 Å². The molecule has 160 valence electrons. The van der Waals surface area contributed by atoms with Crippen LogP contribution >= 0.6 is 0 Å².